The molecule has 0 bridgehead atoms. The van der Waals surface area contributed by atoms with E-state index in [0.717, 1.165) is 0 Å². The molecule has 21 heavy (non-hydrogen) atoms. The molecule has 0 spiro atoms. The summed E-state index contributed by atoms with van der Waals surface area (Å²) < 4.78 is 78.7. The Kier molecular flexibility index (Phi) is 5.14. The number of nitrogens with one attached hydrogen (secondary N) is 1. The fourth-order valence-electron chi connectivity index (χ4n) is 2.40. The van der Waals surface area contributed by atoms with Crippen molar-refractivity contribution < 1.29 is 41.0 Å². The highest BCUT2D eigenvalue weighted by molar-refractivity contribution is 5.79. The van der Waals surface area contributed by atoms with E-state index in [1.807, 2.05) is 0 Å². The lowest BCUT2D eigenvalue weighted by Crippen LogP contribution is -2.56. The summed E-state index contributed by atoms with van der Waals surface area (Å²) in [5, 5.41) is 11.6. The second-order valence-corrected chi connectivity index (χ2v) is 4.95. The molecule has 2 atom stereocenters. The molecule has 10 heteroatoms. The van der Waals surface area contributed by atoms with Crippen LogP contribution in [0.5, 0.6) is 0 Å². The Labute approximate surface area is 116 Å². The number of alkyl halides is 6. The average Bonchev–Trinajstić information content (AvgIpc) is 2.33. The molecule has 0 aromatic heterocycles. The molecule has 2 N–H and O–H groups in total. The summed E-state index contributed by atoms with van der Waals surface area (Å²) in [6, 6.07) is 0. The van der Waals surface area contributed by atoms with Gasteiger partial charge in [-0.1, -0.05) is 0 Å². The largest absolute Gasteiger partial charge is 0.480 e. The molecule has 1 saturated carbocycles. The van der Waals surface area contributed by atoms with Gasteiger partial charge in [-0.3, -0.25) is 4.79 Å². The highest BCUT2D eigenvalue weighted by Gasteiger charge is 2.59. The van der Waals surface area contributed by atoms with E-state index in [4.69, 9.17) is 5.11 Å². The van der Waals surface area contributed by atoms with Crippen LogP contribution >= 0.6 is 0 Å². The smallest absolute Gasteiger partial charge is 0.423 e. The van der Waals surface area contributed by atoms with Gasteiger partial charge in [0.05, 0.1) is 6.10 Å². The third-order valence-corrected chi connectivity index (χ3v) is 3.52. The highest BCUT2D eigenvalue weighted by atomic mass is 19.4. The molecule has 0 radical (unpaired) electrons. The predicted molar refractivity (Wildman–Crippen MR) is 58.7 cm³/mol. The minimum absolute atomic E-state index is 0.0562. The molecule has 0 aromatic rings. The van der Waals surface area contributed by atoms with Gasteiger partial charge in [-0.15, -0.1) is 0 Å². The number of aliphatic carboxylic acids is 1. The van der Waals surface area contributed by atoms with Crippen LogP contribution < -0.4 is 5.32 Å². The predicted octanol–water partition coefficient (Wildman–Crippen LogP) is 2.48. The number of likely N-dealkylation sites (N-methyl/N-ethyl adjacent to an activating group) is 1. The monoisotopic (exact) mass is 323 g/mol. The van der Waals surface area contributed by atoms with E-state index in [2.05, 4.69) is 10.1 Å². The molecule has 1 aliphatic rings. The third-order valence-electron chi connectivity index (χ3n) is 3.52. The first-order chi connectivity index (χ1) is 9.42. The van der Waals surface area contributed by atoms with Crippen molar-refractivity contribution in [2.45, 2.75) is 55.8 Å². The van der Waals surface area contributed by atoms with Gasteiger partial charge in [0.2, 0.25) is 6.10 Å². The van der Waals surface area contributed by atoms with Gasteiger partial charge in [-0.25, -0.2) is 0 Å². The maximum Gasteiger partial charge on any atom is 0.423 e. The van der Waals surface area contributed by atoms with Crippen molar-refractivity contribution in [2.75, 3.05) is 7.05 Å². The number of ether oxygens (including phenoxy) is 1. The van der Waals surface area contributed by atoms with Crippen LogP contribution in [-0.4, -0.2) is 48.2 Å². The van der Waals surface area contributed by atoms with Crippen LogP contribution in [0.25, 0.3) is 0 Å². The summed E-state index contributed by atoms with van der Waals surface area (Å²) in [4.78, 5) is 11.2. The molecule has 0 saturated heterocycles. The minimum atomic E-state index is -5.60. The van der Waals surface area contributed by atoms with Crippen LogP contribution in [0.15, 0.2) is 0 Å². The van der Waals surface area contributed by atoms with Gasteiger partial charge in [-0.2, -0.15) is 26.3 Å². The zero-order chi connectivity index (χ0) is 16.5. The van der Waals surface area contributed by atoms with Gasteiger partial charge in [-0.05, 0) is 26.3 Å². The molecule has 0 aromatic carbocycles. The zero-order valence-corrected chi connectivity index (χ0v) is 11.0. The maximum atomic E-state index is 12.4. The van der Waals surface area contributed by atoms with Gasteiger partial charge in [0.15, 0.2) is 0 Å². The molecule has 0 aliphatic heterocycles. The van der Waals surface area contributed by atoms with Crippen LogP contribution in [-0.2, 0) is 9.53 Å². The maximum absolute atomic E-state index is 12.4. The molecule has 0 amide bonds. The van der Waals surface area contributed by atoms with Gasteiger partial charge in [0.25, 0.3) is 0 Å². The van der Waals surface area contributed by atoms with Gasteiger partial charge >= 0.3 is 18.3 Å². The molecular weight excluding hydrogens is 308 g/mol. The van der Waals surface area contributed by atoms with E-state index >= 15 is 0 Å². The van der Waals surface area contributed by atoms with Crippen LogP contribution in [0.3, 0.4) is 0 Å². The molecular formula is C11H15F6NO3. The van der Waals surface area contributed by atoms with Gasteiger partial charge in [0.1, 0.15) is 5.54 Å². The summed E-state index contributed by atoms with van der Waals surface area (Å²) in [6.45, 7) is 0. The lowest BCUT2D eigenvalue weighted by atomic mass is 9.80. The molecule has 124 valence electrons. The Hall–Kier alpha value is -1.03. The quantitative estimate of drug-likeness (QED) is 0.781. The molecule has 1 rings (SSSR count). The normalized spacial score (nSPS) is 27.9. The molecule has 4 nitrogen and oxygen atoms in total. The molecule has 1 fully saturated rings. The number of hydrogen-bond acceptors (Lipinski definition) is 3. The number of halogens is 6. The van der Waals surface area contributed by atoms with Crippen LogP contribution in [0, 0.1) is 0 Å². The summed E-state index contributed by atoms with van der Waals surface area (Å²) in [6.07, 6.45) is -16.8. The van der Waals surface area contributed by atoms with E-state index in [-0.39, 0.29) is 19.3 Å². The number of carboxylic acids is 1. The number of rotatable bonds is 4. The SMILES string of the molecule is CNC1(C(=O)O)CCCC(OC(C(F)(F)F)C(F)(F)F)C1. The van der Waals surface area contributed by atoms with Crippen molar-refractivity contribution in [3.8, 4) is 0 Å². The third kappa shape index (κ3) is 4.22. The number of hydrogen-bond donors (Lipinski definition) is 2. The minimum Gasteiger partial charge on any atom is -0.480 e. The number of carboxylic acid groups (broad SMARTS) is 1. The Balaban J connectivity index is 2.88. The van der Waals surface area contributed by atoms with Crippen molar-refractivity contribution >= 4 is 5.97 Å². The van der Waals surface area contributed by atoms with Crippen LogP contribution in [0.2, 0.25) is 0 Å². The first kappa shape index (κ1) is 18.0. The second-order valence-electron chi connectivity index (χ2n) is 4.95. The fraction of sp³-hybridized carbons (Fsp3) is 0.909. The van der Waals surface area contributed by atoms with E-state index in [1.54, 1.807) is 0 Å². The number of carbonyl (C=O) groups is 1. The van der Waals surface area contributed by atoms with Gasteiger partial charge < -0.3 is 15.2 Å². The van der Waals surface area contributed by atoms with Crippen molar-refractivity contribution in [3.63, 3.8) is 0 Å². The van der Waals surface area contributed by atoms with E-state index < -0.39 is 42.5 Å². The molecule has 1 aliphatic carbocycles. The Morgan fingerprint density at radius 2 is 1.81 bits per heavy atom. The lowest BCUT2D eigenvalue weighted by molar-refractivity contribution is -0.333. The Morgan fingerprint density at radius 3 is 2.19 bits per heavy atom. The zero-order valence-electron chi connectivity index (χ0n) is 11.0. The van der Waals surface area contributed by atoms with Crippen LogP contribution in [0.1, 0.15) is 25.7 Å². The summed E-state index contributed by atoms with van der Waals surface area (Å²) in [5.41, 5.74) is -1.56. The second kappa shape index (κ2) is 5.99. The summed E-state index contributed by atoms with van der Waals surface area (Å²) in [5.74, 6) is -1.33. The van der Waals surface area contributed by atoms with Crippen molar-refractivity contribution in [3.05, 3.63) is 0 Å². The first-order valence-corrected chi connectivity index (χ1v) is 6.13. The van der Waals surface area contributed by atoms with E-state index in [1.165, 1.54) is 7.05 Å². The first-order valence-electron chi connectivity index (χ1n) is 6.13. The highest BCUT2D eigenvalue weighted by Crippen LogP contribution is 2.39. The summed E-state index contributed by atoms with van der Waals surface area (Å²) >= 11 is 0. The summed E-state index contributed by atoms with van der Waals surface area (Å²) in [7, 11) is 1.29. The van der Waals surface area contributed by atoms with Crippen molar-refractivity contribution in [2.24, 2.45) is 0 Å². The van der Waals surface area contributed by atoms with E-state index in [9.17, 15) is 31.1 Å². The Morgan fingerprint density at radius 1 is 1.29 bits per heavy atom. The Bertz CT molecular complexity index is 369. The van der Waals surface area contributed by atoms with Crippen molar-refractivity contribution in [1.29, 1.82) is 0 Å². The fourth-order valence-corrected chi connectivity index (χ4v) is 2.40. The van der Waals surface area contributed by atoms with Crippen LogP contribution in [0.4, 0.5) is 26.3 Å². The topological polar surface area (TPSA) is 58.6 Å². The average molecular weight is 323 g/mol. The van der Waals surface area contributed by atoms with Gasteiger partial charge in [0, 0.05) is 6.42 Å². The van der Waals surface area contributed by atoms with E-state index in [0.29, 0.717) is 0 Å². The lowest BCUT2D eigenvalue weighted by Gasteiger charge is -2.39. The standard InChI is InChI=1S/C11H15F6NO3/c1-18-9(8(19)20)4-2-3-6(5-9)21-7(10(12,13)14)11(15,16)17/h6-7,18H,2-5H2,1H3,(H,19,20). The molecule has 2 unspecified atom stereocenters. The van der Waals surface area contributed by atoms with Crippen molar-refractivity contribution in [1.82, 2.24) is 5.32 Å². The molecule has 0 heterocycles.